The second kappa shape index (κ2) is 4.12. The second-order valence-electron chi connectivity index (χ2n) is 3.44. The van der Waals surface area contributed by atoms with Crippen molar-refractivity contribution in [3.8, 4) is 12.1 Å². The maximum absolute atomic E-state index is 8.95. The van der Waals surface area contributed by atoms with E-state index in [9.17, 15) is 0 Å². The molecule has 0 aliphatic carbocycles. The first kappa shape index (κ1) is 9.70. The highest BCUT2D eigenvalue weighted by atomic mass is 16.5. The molecule has 0 amide bonds. The number of hydrogen-bond donors (Lipinski definition) is 0. The van der Waals surface area contributed by atoms with Crippen LogP contribution in [0.1, 0.15) is 30.3 Å². The Balaban J connectivity index is 2.32. The summed E-state index contributed by atoms with van der Waals surface area (Å²) < 4.78 is 7.09. The normalized spacial score (nSPS) is 20.5. The summed E-state index contributed by atoms with van der Waals surface area (Å²) in [6, 6.07) is 4.07. The minimum atomic E-state index is 0.142. The Bertz CT molecular complexity index is 431. The summed E-state index contributed by atoms with van der Waals surface area (Å²) >= 11 is 0. The van der Waals surface area contributed by atoms with Crippen LogP contribution in [-0.4, -0.2) is 22.8 Å². The summed E-state index contributed by atoms with van der Waals surface area (Å²) in [4.78, 5) is 3.90. The Morgan fingerprint density at radius 1 is 1.47 bits per heavy atom. The molecule has 1 saturated heterocycles. The molecule has 0 saturated carbocycles. The van der Waals surface area contributed by atoms with Gasteiger partial charge in [0.2, 0.25) is 0 Å². The summed E-state index contributed by atoms with van der Waals surface area (Å²) in [5.74, 6) is 0. The van der Waals surface area contributed by atoms with Crippen molar-refractivity contribution in [2.75, 3.05) is 13.2 Å². The van der Waals surface area contributed by atoms with Gasteiger partial charge in [0.15, 0.2) is 11.4 Å². The predicted molar refractivity (Wildman–Crippen MR) is 50.7 cm³/mol. The van der Waals surface area contributed by atoms with Crippen molar-refractivity contribution in [1.82, 2.24) is 9.55 Å². The zero-order valence-corrected chi connectivity index (χ0v) is 8.18. The van der Waals surface area contributed by atoms with Gasteiger partial charge in [-0.25, -0.2) is 4.98 Å². The first-order chi connectivity index (χ1) is 7.36. The minimum Gasteiger partial charge on any atom is -0.379 e. The third-order valence-corrected chi connectivity index (χ3v) is 2.54. The van der Waals surface area contributed by atoms with Crippen molar-refractivity contribution in [3.05, 3.63) is 17.7 Å². The SMILES string of the molecule is N#Cc1ncn(C2CCCOC2)c1C#N. The largest absolute Gasteiger partial charge is 0.379 e. The maximum atomic E-state index is 8.95. The number of imidazole rings is 1. The zero-order chi connectivity index (χ0) is 10.7. The van der Waals surface area contributed by atoms with Crippen molar-refractivity contribution >= 4 is 0 Å². The second-order valence-corrected chi connectivity index (χ2v) is 3.44. The molecule has 1 aromatic heterocycles. The van der Waals surface area contributed by atoms with Crippen LogP contribution < -0.4 is 0 Å². The average Bonchev–Trinajstić information content (AvgIpc) is 2.72. The van der Waals surface area contributed by atoms with Crippen LogP contribution in [-0.2, 0) is 4.74 Å². The Kier molecular flexibility index (Phi) is 2.66. The summed E-state index contributed by atoms with van der Waals surface area (Å²) in [7, 11) is 0. The van der Waals surface area contributed by atoms with Crippen LogP contribution in [0, 0.1) is 22.7 Å². The van der Waals surface area contributed by atoms with Crippen LogP contribution in [0.2, 0.25) is 0 Å². The van der Waals surface area contributed by atoms with E-state index in [1.54, 1.807) is 10.9 Å². The molecule has 0 spiro atoms. The molecule has 2 heterocycles. The van der Waals surface area contributed by atoms with Crippen molar-refractivity contribution in [2.24, 2.45) is 0 Å². The van der Waals surface area contributed by atoms with E-state index in [2.05, 4.69) is 4.98 Å². The van der Waals surface area contributed by atoms with Gasteiger partial charge in [0.1, 0.15) is 12.1 Å². The van der Waals surface area contributed by atoms with Crippen LogP contribution >= 0.6 is 0 Å². The fourth-order valence-corrected chi connectivity index (χ4v) is 1.77. The quantitative estimate of drug-likeness (QED) is 0.680. The molecule has 1 fully saturated rings. The van der Waals surface area contributed by atoms with E-state index in [0.717, 1.165) is 19.4 Å². The summed E-state index contributed by atoms with van der Waals surface area (Å²) in [6.07, 6.45) is 3.50. The topological polar surface area (TPSA) is 74.6 Å². The molecule has 2 rings (SSSR count). The van der Waals surface area contributed by atoms with Gasteiger partial charge in [0.25, 0.3) is 0 Å². The van der Waals surface area contributed by atoms with E-state index < -0.39 is 0 Å². The van der Waals surface area contributed by atoms with Gasteiger partial charge in [-0.1, -0.05) is 0 Å². The van der Waals surface area contributed by atoms with Crippen LogP contribution in [0.5, 0.6) is 0 Å². The Labute approximate surface area is 87.5 Å². The van der Waals surface area contributed by atoms with E-state index >= 15 is 0 Å². The molecule has 15 heavy (non-hydrogen) atoms. The molecular formula is C10H10N4O. The van der Waals surface area contributed by atoms with Gasteiger partial charge in [0, 0.05) is 6.61 Å². The molecule has 1 atom stereocenters. The zero-order valence-electron chi connectivity index (χ0n) is 8.18. The highest BCUT2D eigenvalue weighted by molar-refractivity contribution is 5.36. The molecule has 1 aromatic rings. The molecule has 0 N–H and O–H groups in total. The van der Waals surface area contributed by atoms with E-state index in [4.69, 9.17) is 15.3 Å². The van der Waals surface area contributed by atoms with Crippen molar-refractivity contribution in [3.63, 3.8) is 0 Å². The molecule has 1 unspecified atom stereocenters. The van der Waals surface area contributed by atoms with Crippen LogP contribution in [0.25, 0.3) is 0 Å². The first-order valence-corrected chi connectivity index (χ1v) is 4.81. The maximum Gasteiger partial charge on any atom is 0.176 e. The lowest BCUT2D eigenvalue weighted by Gasteiger charge is -2.23. The van der Waals surface area contributed by atoms with Crippen LogP contribution in [0.15, 0.2) is 6.33 Å². The number of nitrogens with zero attached hydrogens (tertiary/aromatic N) is 4. The number of nitriles is 2. The third-order valence-electron chi connectivity index (χ3n) is 2.54. The number of rotatable bonds is 1. The van der Waals surface area contributed by atoms with E-state index in [-0.39, 0.29) is 11.7 Å². The molecule has 0 bridgehead atoms. The van der Waals surface area contributed by atoms with Crippen LogP contribution in [0.3, 0.4) is 0 Å². The smallest absolute Gasteiger partial charge is 0.176 e. The standard InChI is InChI=1S/C10H10N4O/c11-4-9-10(5-12)14(7-13-9)8-2-1-3-15-6-8/h7-8H,1-3,6H2. The monoisotopic (exact) mass is 202 g/mol. The third kappa shape index (κ3) is 1.70. The predicted octanol–water partition coefficient (Wildman–Crippen LogP) is 0.978. The Morgan fingerprint density at radius 3 is 2.93 bits per heavy atom. The number of ether oxygens (including phenoxy) is 1. The average molecular weight is 202 g/mol. The molecular weight excluding hydrogens is 192 g/mol. The van der Waals surface area contributed by atoms with Gasteiger partial charge in [-0.2, -0.15) is 10.5 Å². The number of hydrogen-bond acceptors (Lipinski definition) is 4. The highest BCUT2D eigenvalue weighted by Crippen LogP contribution is 2.21. The van der Waals surface area contributed by atoms with Gasteiger partial charge in [-0.3, -0.25) is 0 Å². The van der Waals surface area contributed by atoms with Crippen molar-refractivity contribution < 1.29 is 4.74 Å². The molecule has 1 aliphatic heterocycles. The summed E-state index contributed by atoms with van der Waals surface area (Å²) in [5, 5.41) is 17.7. The number of aromatic nitrogens is 2. The fourth-order valence-electron chi connectivity index (χ4n) is 1.77. The van der Waals surface area contributed by atoms with Gasteiger partial charge < -0.3 is 9.30 Å². The molecule has 0 aromatic carbocycles. The van der Waals surface area contributed by atoms with E-state index in [1.807, 2.05) is 12.1 Å². The lowest BCUT2D eigenvalue weighted by molar-refractivity contribution is 0.0589. The fraction of sp³-hybridized carbons (Fsp3) is 0.500. The lowest BCUT2D eigenvalue weighted by Crippen LogP contribution is -2.21. The highest BCUT2D eigenvalue weighted by Gasteiger charge is 2.20. The molecule has 0 radical (unpaired) electrons. The lowest BCUT2D eigenvalue weighted by atomic mass is 10.1. The molecule has 76 valence electrons. The van der Waals surface area contributed by atoms with E-state index in [0.29, 0.717) is 12.3 Å². The molecule has 5 nitrogen and oxygen atoms in total. The van der Waals surface area contributed by atoms with Gasteiger partial charge >= 0.3 is 0 Å². The Morgan fingerprint density at radius 2 is 2.33 bits per heavy atom. The van der Waals surface area contributed by atoms with Crippen molar-refractivity contribution in [1.29, 1.82) is 10.5 Å². The molecule has 1 aliphatic rings. The van der Waals surface area contributed by atoms with Crippen molar-refractivity contribution in [2.45, 2.75) is 18.9 Å². The van der Waals surface area contributed by atoms with E-state index in [1.165, 1.54) is 0 Å². The van der Waals surface area contributed by atoms with Gasteiger partial charge in [0.05, 0.1) is 19.0 Å². The molecule has 5 heteroatoms. The minimum absolute atomic E-state index is 0.142. The van der Waals surface area contributed by atoms with Gasteiger partial charge in [-0.15, -0.1) is 0 Å². The summed E-state index contributed by atoms with van der Waals surface area (Å²) in [5.41, 5.74) is 0.538. The summed E-state index contributed by atoms with van der Waals surface area (Å²) in [6.45, 7) is 1.37. The van der Waals surface area contributed by atoms with Crippen LogP contribution in [0.4, 0.5) is 0 Å². The first-order valence-electron chi connectivity index (χ1n) is 4.81. The van der Waals surface area contributed by atoms with Gasteiger partial charge in [-0.05, 0) is 12.8 Å². The Hall–Kier alpha value is -1.85.